The third kappa shape index (κ3) is 3.44. The molecule has 0 spiro atoms. The van der Waals surface area contributed by atoms with Gasteiger partial charge >= 0.3 is 5.69 Å². The molecule has 0 aliphatic rings. The van der Waals surface area contributed by atoms with Gasteiger partial charge in [-0.25, -0.2) is 14.8 Å². The molecule has 0 bridgehead atoms. The van der Waals surface area contributed by atoms with E-state index in [0.29, 0.717) is 17.3 Å². The fraction of sp³-hybridized carbons (Fsp3) is 0.500. The van der Waals surface area contributed by atoms with E-state index < -0.39 is 17.2 Å². The lowest BCUT2D eigenvalue weighted by atomic mass is 10.2. The average molecular weight is 337 g/mol. The summed E-state index contributed by atoms with van der Waals surface area (Å²) in [6.45, 7) is 2.05. The van der Waals surface area contributed by atoms with Crippen LogP contribution in [-0.2, 0) is 25.3 Å². The van der Waals surface area contributed by atoms with E-state index >= 15 is 0 Å². The van der Waals surface area contributed by atoms with Gasteiger partial charge in [0.1, 0.15) is 16.2 Å². The van der Waals surface area contributed by atoms with Crippen LogP contribution in [0.3, 0.4) is 0 Å². The molecule has 0 aliphatic heterocycles. The third-order valence-corrected chi connectivity index (χ3v) is 4.42. The van der Waals surface area contributed by atoms with Crippen molar-refractivity contribution in [3.8, 4) is 0 Å². The van der Waals surface area contributed by atoms with E-state index in [2.05, 4.69) is 16.9 Å². The molecular formula is C14H19N5O3S. The quantitative estimate of drug-likeness (QED) is 0.584. The van der Waals surface area contributed by atoms with Crippen molar-refractivity contribution in [2.24, 2.45) is 19.8 Å². The Kier molecular flexibility index (Phi) is 5.19. The Balaban J connectivity index is 2.75. The minimum atomic E-state index is -0.501. The Hall–Kier alpha value is -2.16. The van der Waals surface area contributed by atoms with Gasteiger partial charge in [0.2, 0.25) is 5.91 Å². The highest BCUT2D eigenvalue weighted by Crippen LogP contribution is 2.22. The van der Waals surface area contributed by atoms with Crippen LogP contribution >= 0.6 is 11.8 Å². The van der Waals surface area contributed by atoms with E-state index in [-0.39, 0.29) is 16.8 Å². The number of amides is 1. The first kappa shape index (κ1) is 17.2. The van der Waals surface area contributed by atoms with E-state index in [9.17, 15) is 14.4 Å². The molecule has 0 unspecified atom stereocenters. The zero-order valence-electron chi connectivity index (χ0n) is 13.3. The van der Waals surface area contributed by atoms with Gasteiger partial charge < -0.3 is 5.73 Å². The fourth-order valence-corrected chi connectivity index (χ4v) is 2.93. The van der Waals surface area contributed by atoms with Crippen molar-refractivity contribution >= 4 is 28.7 Å². The summed E-state index contributed by atoms with van der Waals surface area (Å²) < 4.78 is 2.33. The van der Waals surface area contributed by atoms with Gasteiger partial charge in [-0.2, -0.15) is 0 Å². The molecule has 23 heavy (non-hydrogen) atoms. The Morgan fingerprint density at radius 2 is 1.91 bits per heavy atom. The number of unbranched alkanes of at least 4 members (excludes halogenated alkanes) is 1. The van der Waals surface area contributed by atoms with Crippen LogP contribution in [0, 0.1) is 0 Å². The molecule has 2 N–H and O–H groups in total. The molecule has 2 aromatic rings. The highest BCUT2D eigenvalue weighted by atomic mass is 32.2. The van der Waals surface area contributed by atoms with Gasteiger partial charge in [-0.15, -0.1) is 0 Å². The van der Waals surface area contributed by atoms with Crippen LogP contribution < -0.4 is 17.0 Å². The summed E-state index contributed by atoms with van der Waals surface area (Å²) in [5.41, 5.74) is 4.54. The minimum Gasteiger partial charge on any atom is -0.369 e. The predicted octanol–water partition coefficient (Wildman–Crippen LogP) is -0.0528. The molecule has 0 aromatic carbocycles. The highest BCUT2D eigenvalue weighted by Gasteiger charge is 2.17. The summed E-state index contributed by atoms with van der Waals surface area (Å²) in [5, 5.41) is 0.622. The van der Waals surface area contributed by atoms with Gasteiger partial charge in [0.25, 0.3) is 5.56 Å². The van der Waals surface area contributed by atoms with Gasteiger partial charge in [-0.05, 0) is 6.42 Å². The number of thioether (sulfide) groups is 1. The maximum atomic E-state index is 12.4. The molecule has 2 heterocycles. The van der Waals surface area contributed by atoms with E-state index in [0.717, 1.165) is 29.2 Å². The average Bonchev–Trinajstić information content (AvgIpc) is 2.53. The predicted molar refractivity (Wildman–Crippen MR) is 88.6 cm³/mol. The number of aryl methyl sites for hydroxylation is 2. The number of primary amides is 1. The second kappa shape index (κ2) is 6.95. The van der Waals surface area contributed by atoms with E-state index in [1.165, 1.54) is 11.6 Å². The Morgan fingerprint density at radius 3 is 2.52 bits per heavy atom. The fourth-order valence-electron chi connectivity index (χ4n) is 2.16. The van der Waals surface area contributed by atoms with Crippen molar-refractivity contribution in [3.05, 3.63) is 26.7 Å². The van der Waals surface area contributed by atoms with Crippen molar-refractivity contribution in [1.29, 1.82) is 0 Å². The van der Waals surface area contributed by atoms with Crippen molar-refractivity contribution in [1.82, 2.24) is 19.1 Å². The molecule has 2 aromatic heterocycles. The smallest absolute Gasteiger partial charge is 0.332 e. The molecule has 0 aliphatic carbocycles. The van der Waals surface area contributed by atoms with Crippen molar-refractivity contribution < 1.29 is 4.79 Å². The number of nitrogens with two attached hydrogens (primary N) is 1. The lowest BCUT2D eigenvalue weighted by Gasteiger charge is -2.11. The second-order valence-electron chi connectivity index (χ2n) is 5.21. The van der Waals surface area contributed by atoms with E-state index in [1.54, 1.807) is 7.05 Å². The highest BCUT2D eigenvalue weighted by molar-refractivity contribution is 8.00. The summed E-state index contributed by atoms with van der Waals surface area (Å²) in [7, 11) is 2.96. The summed E-state index contributed by atoms with van der Waals surface area (Å²) >= 11 is 1.09. The lowest BCUT2D eigenvalue weighted by Crippen LogP contribution is -2.38. The maximum absolute atomic E-state index is 12.4. The van der Waals surface area contributed by atoms with Crippen molar-refractivity contribution in [2.45, 2.75) is 31.2 Å². The first-order chi connectivity index (χ1) is 10.9. The lowest BCUT2D eigenvalue weighted by molar-refractivity contribution is -0.115. The number of fused-ring (bicyclic) bond motifs is 1. The Morgan fingerprint density at radius 1 is 1.22 bits per heavy atom. The number of rotatable bonds is 6. The summed E-state index contributed by atoms with van der Waals surface area (Å²) in [6, 6.07) is 0. The van der Waals surface area contributed by atoms with Crippen molar-refractivity contribution in [3.63, 3.8) is 0 Å². The van der Waals surface area contributed by atoms with E-state index in [4.69, 9.17) is 5.73 Å². The Bertz CT molecular complexity index is 871. The molecule has 124 valence electrons. The first-order valence-corrected chi connectivity index (χ1v) is 8.23. The van der Waals surface area contributed by atoms with Crippen LogP contribution in [0.2, 0.25) is 0 Å². The molecule has 0 fully saturated rings. The molecule has 1 amide bonds. The second-order valence-corrected chi connectivity index (χ2v) is 6.17. The van der Waals surface area contributed by atoms with Crippen LogP contribution in [0.15, 0.2) is 14.6 Å². The van der Waals surface area contributed by atoms with Crippen molar-refractivity contribution in [2.75, 3.05) is 5.75 Å². The van der Waals surface area contributed by atoms with Gasteiger partial charge in [0.15, 0.2) is 5.65 Å². The molecule has 8 nitrogen and oxygen atoms in total. The summed E-state index contributed by atoms with van der Waals surface area (Å²) in [6.07, 6.45) is 2.50. The van der Waals surface area contributed by atoms with Crippen LogP contribution in [0.4, 0.5) is 0 Å². The molecule has 9 heteroatoms. The molecule has 0 atom stereocenters. The number of nitrogens with zero attached hydrogens (tertiary/aromatic N) is 4. The number of carbonyl (C=O) groups is 1. The number of carbonyl (C=O) groups excluding carboxylic acids is 1. The molecule has 0 saturated heterocycles. The van der Waals surface area contributed by atoms with Gasteiger partial charge in [-0.1, -0.05) is 25.1 Å². The topological polar surface area (TPSA) is 113 Å². The van der Waals surface area contributed by atoms with Crippen LogP contribution in [0.1, 0.15) is 25.6 Å². The van der Waals surface area contributed by atoms with Gasteiger partial charge in [0.05, 0.1) is 5.75 Å². The van der Waals surface area contributed by atoms with Gasteiger partial charge in [-0.3, -0.25) is 18.7 Å². The zero-order valence-corrected chi connectivity index (χ0v) is 14.1. The molecule has 2 rings (SSSR count). The van der Waals surface area contributed by atoms with Gasteiger partial charge in [0, 0.05) is 20.5 Å². The molecule has 0 radical (unpaired) electrons. The number of hydrogen-bond acceptors (Lipinski definition) is 6. The summed E-state index contributed by atoms with van der Waals surface area (Å²) in [4.78, 5) is 44.4. The first-order valence-electron chi connectivity index (χ1n) is 7.24. The largest absolute Gasteiger partial charge is 0.369 e. The molecular weight excluding hydrogens is 318 g/mol. The van der Waals surface area contributed by atoms with Crippen LogP contribution in [-0.4, -0.2) is 30.8 Å². The zero-order chi connectivity index (χ0) is 17.1. The summed E-state index contributed by atoms with van der Waals surface area (Å²) in [5.74, 6) is 0.0544. The minimum absolute atomic E-state index is 0.00528. The van der Waals surface area contributed by atoms with Crippen LogP contribution in [0.25, 0.3) is 11.0 Å². The normalized spacial score (nSPS) is 11.1. The van der Waals surface area contributed by atoms with Crippen LogP contribution in [0.5, 0.6) is 0 Å². The number of hydrogen-bond donors (Lipinski definition) is 1. The monoisotopic (exact) mass is 337 g/mol. The Labute approximate surface area is 136 Å². The standard InChI is InChI=1S/C14H19N5O3S/c1-4-5-6-9-16-11-10(12(17-9)23-7-8(15)20)13(21)19(3)14(22)18(11)2/h4-7H2,1-3H3,(H2,15,20). The van der Waals surface area contributed by atoms with E-state index in [1.807, 2.05) is 0 Å². The third-order valence-electron chi connectivity index (χ3n) is 3.42. The molecule has 0 saturated carbocycles. The SMILES string of the molecule is CCCCc1nc(SCC(N)=O)c2c(=O)n(C)c(=O)n(C)c2n1. The number of aromatic nitrogens is 4. The maximum Gasteiger partial charge on any atom is 0.332 e.